The van der Waals surface area contributed by atoms with Crippen molar-refractivity contribution in [3.05, 3.63) is 51.7 Å². The predicted octanol–water partition coefficient (Wildman–Crippen LogP) is 2.07. The maximum absolute atomic E-state index is 13.6. The summed E-state index contributed by atoms with van der Waals surface area (Å²) in [6.45, 7) is 1.59. The molecule has 1 aliphatic heterocycles. The van der Waals surface area contributed by atoms with Crippen LogP contribution in [0.4, 0.5) is 19.0 Å². The monoisotopic (exact) mass is 355 g/mol. The maximum atomic E-state index is 13.6. The lowest BCUT2D eigenvalue weighted by Crippen LogP contribution is -2.26. The normalized spacial score (nSPS) is 14.7. The van der Waals surface area contributed by atoms with Gasteiger partial charge >= 0.3 is 5.69 Å². The van der Waals surface area contributed by atoms with E-state index in [1.807, 2.05) is 0 Å². The molecule has 0 amide bonds. The lowest BCUT2D eigenvalue weighted by Gasteiger charge is -2.14. The molecule has 0 spiro atoms. The van der Waals surface area contributed by atoms with E-state index in [-0.39, 0.29) is 18.1 Å². The van der Waals surface area contributed by atoms with E-state index in [0.717, 1.165) is 0 Å². The van der Waals surface area contributed by atoms with Gasteiger partial charge in [0.25, 0.3) is 0 Å². The average Bonchev–Trinajstić information content (AvgIpc) is 2.69. The van der Waals surface area contributed by atoms with Crippen LogP contribution < -0.4 is 15.7 Å². The Morgan fingerprint density at radius 3 is 2.80 bits per heavy atom. The van der Waals surface area contributed by atoms with Crippen LogP contribution in [0.15, 0.2) is 23.0 Å². The maximum Gasteiger partial charge on any atom is 0.352 e. The SMILES string of the molecule is O=c1nc(OCc2cc(F)c(F)cc2F)cc2n1CCCOCCN2. The zero-order chi connectivity index (χ0) is 17.8. The van der Waals surface area contributed by atoms with E-state index >= 15 is 0 Å². The molecular formula is C16H16F3N3O3. The highest BCUT2D eigenvalue weighted by Crippen LogP contribution is 2.18. The lowest BCUT2D eigenvalue weighted by atomic mass is 10.2. The summed E-state index contributed by atoms with van der Waals surface area (Å²) in [4.78, 5) is 15.9. The zero-order valence-electron chi connectivity index (χ0n) is 13.2. The van der Waals surface area contributed by atoms with Crippen LogP contribution in [0.25, 0.3) is 0 Å². The Labute approximate surface area is 141 Å². The van der Waals surface area contributed by atoms with Gasteiger partial charge in [-0.15, -0.1) is 0 Å². The Kier molecular flexibility index (Phi) is 5.22. The molecule has 0 atom stereocenters. The Morgan fingerprint density at radius 1 is 1.16 bits per heavy atom. The molecule has 3 rings (SSSR count). The molecule has 1 N–H and O–H groups in total. The van der Waals surface area contributed by atoms with Gasteiger partial charge in [-0.2, -0.15) is 4.98 Å². The smallest absolute Gasteiger partial charge is 0.352 e. The molecule has 0 radical (unpaired) electrons. The molecule has 0 fully saturated rings. The molecule has 1 aromatic heterocycles. The number of rotatable bonds is 3. The van der Waals surface area contributed by atoms with Gasteiger partial charge in [0.15, 0.2) is 11.6 Å². The highest BCUT2D eigenvalue weighted by atomic mass is 19.2. The summed E-state index contributed by atoms with van der Waals surface area (Å²) >= 11 is 0. The summed E-state index contributed by atoms with van der Waals surface area (Å²) in [5.74, 6) is -2.92. The largest absolute Gasteiger partial charge is 0.472 e. The van der Waals surface area contributed by atoms with E-state index in [1.165, 1.54) is 10.6 Å². The summed E-state index contributed by atoms with van der Waals surface area (Å²) in [5.41, 5.74) is -0.696. The van der Waals surface area contributed by atoms with Gasteiger partial charge in [-0.25, -0.2) is 18.0 Å². The third-order valence-electron chi connectivity index (χ3n) is 3.68. The van der Waals surface area contributed by atoms with Gasteiger partial charge < -0.3 is 14.8 Å². The molecule has 6 nitrogen and oxygen atoms in total. The molecule has 0 aliphatic carbocycles. The fourth-order valence-electron chi connectivity index (χ4n) is 2.43. The summed E-state index contributed by atoms with van der Waals surface area (Å²) in [7, 11) is 0. The van der Waals surface area contributed by atoms with Crippen molar-refractivity contribution in [3.8, 4) is 5.88 Å². The van der Waals surface area contributed by atoms with Crippen LogP contribution in [0, 0.1) is 17.5 Å². The van der Waals surface area contributed by atoms with Gasteiger partial charge in [0.05, 0.1) is 6.61 Å². The van der Waals surface area contributed by atoms with E-state index in [0.29, 0.717) is 50.7 Å². The van der Waals surface area contributed by atoms with Gasteiger partial charge in [-0.05, 0) is 12.5 Å². The van der Waals surface area contributed by atoms with Crippen molar-refractivity contribution in [2.45, 2.75) is 19.6 Å². The first kappa shape index (κ1) is 17.3. The molecule has 2 aromatic rings. The molecule has 0 saturated carbocycles. The van der Waals surface area contributed by atoms with Gasteiger partial charge in [-0.1, -0.05) is 0 Å². The van der Waals surface area contributed by atoms with Crippen LogP contribution >= 0.6 is 0 Å². The Morgan fingerprint density at radius 2 is 1.96 bits per heavy atom. The first-order chi connectivity index (χ1) is 12.0. The van der Waals surface area contributed by atoms with Gasteiger partial charge in [-0.3, -0.25) is 4.57 Å². The Balaban J connectivity index is 1.80. The molecule has 0 saturated heterocycles. The standard InChI is InChI=1S/C16H16F3N3O3/c17-11-7-13(19)12(18)6-10(11)9-25-15-8-14-20-2-5-24-4-1-3-22(14)16(23)21-15/h6-8,20H,1-5,9H2. The van der Waals surface area contributed by atoms with Crippen molar-refractivity contribution in [2.24, 2.45) is 0 Å². The molecule has 0 unspecified atom stereocenters. The second kappa shape index (κ2) is 7.56. The highest BCUT2D eigenvalue weighted by Gasteiger charge is 2.13. The van der Waals surface area contributed by atoms with Crippen molar-refractivity contribution < 1.29 is 22.6 Å². The van der Waals surface area contributed by atoms with E-state index in [2.05, 4.69) is 10.3 Å². The van der Waals surface area contributed by atoms with Crippen LogP contribution in [0.1, 0.15) is 12.0 Å². The van der Waals surface area contributed by atoms with Crippen molar-refractivity contribution in [1.82, 2.24) is 9.55 Å². The van der Waals surface area contributed by atoms with Crippen LogP contribution in [0.5, 0.6) is 5.88 Å². The molecular weight excluding hydrogens is 339 g/mol. The molecule has 9 heteroatoms. The molecule has 2 heterocycles. The number of fused-ring (bicyclic) bond motifs is 1. The number of anilines is 1. The quantitative estimate of drug-likeness (QED) is 0.854. The third-order valence-corrected chi connectivity index (χ3v) is 3.68. The highest BCUT2D eigenvalue weighted by molar-refractivity contribution is 5.39. The number of nitrogens with zero attached hydrogens (tertiary/aromatic N) is 2. The van der Waals surface area contributed by atoms with Gasteiger partial charge in [0.2, 0.25) is 5.88 Å². The summed E-state index contributed by atoms with van der Waals surface area (Å²) < 4.78 is 51.9. The summed E-state index contributed by atoms with van der Waals surface area (Å²) in [6.07, 6.45) is 0.663. The van der Waals surface area contributed by atoms with Crippen LogP contribution in [0.3, 0.4) is 0 Å². The number of hydrogen-bond donors (Lipinski definition) is 1. The summed E-state index contributed by atoms with van der Waals surface area (Å²) in [6, 6.07) is 2.66. The fourth-order valence-corrected chi connectivity index (χ4v) is 2.43. The average molecular weight is 355 g/mol. The molecule has 1 aliphatic rings. The van der Waals surface area contributed by atoms with Crippen LogP contribution in [0.2, 0.25) is 0 Å². The second-order valence-electron chi connectivity index (χ2n) is 5.45. The van der Waals surface area contributed by atoms with Crippen molar-refractivity contribution in [3.63, 3.8) is 0 Å². The Bertz CT molecular complexity index is 826. The number of aromatic nitrogens is 2. The number of hydrogen-bond acceptors (Lipinski definition) is 5. The molecule has 25 heavy (non-hydrogen) atoms. The minimum Gasteiger partial charge on any atom is -0.472 e. The summed E-state index contributed by atoms with van der Waals surface area (Å²) in [5, 5.41) is 3.05. The van der Waals surface area contributed by atoms with Gasteiger partial charge in [0.1, 0.15) is 18.2 Å². The fraction of sp³-hybridized carbons (Fsp3) is 0.375. The minimum atomic E-state index is -1.28. The molecule has 134 valence electrons. The van der Waals surface area contributed by atoms with Crippen molar-refractivity contribution in [1.29, 1.82) is 0 Å². The van der Waals surface area contributed by atoms with Gasteiger partial charge in [0, 0.05) is 37.4 Å². The van der Waals surface area contributed by atoms with Crippen molar-refractivity contribution >= 4 is 5.82 Å². The lowest BCUT2D eigenvalue weighted by molar-refractivity contribution is 0.140. The van der Waals surface area contributed by atoms with E-state index in [1.54, 1.807) is 0 Å². The second-order valence-corrected chi connectivity index (χ2v) is 5.45. The zero-order valence-corrected chi connectivity index (χ0v) is 13.2. The molecule has 1 aromatic carbocycles. The van der Waals surface area contributed by atoms with E-state index in [9.17, 15) is 18.0 Å². The number of ether oxygens (including phenoxy) is 2. The Hall–Kier alpha value is -2.55. The van der Waals surface area contributed by atoms with Crippen LogP contribution in [-0.2, 0) is 17.9 Å². The number of halogens is 3. The predicted molar refractivity (Wildman–Crippen MR) is 83.1 cm³/mol. The first-order valence-corrected chi connectivity index (χ1v) is 7.74. The van der Waals surface area contributed by atoms with Crippen LogP contribution in [-0.4, -0.2) is 29.3 Å². The molecule has 0 bridgehead atoms. The van der Waals surface area contributed by atoms with E-state index < -0.39 is 23.1 Å². The topological polar surface area (TPSA) is 65.4 Å². The first-order valence-electron chi connectivity index (χ1n) is 7.74. The number of nitrogens with one attached hydrogen (secondary N) is 1. The third kappa shape index (κ3) is 4.11. The van der Waals surface area contributed by atoms with E-state index in [4.69, 9.17) is 9.47 Å². The minimum absolute atomic E-state index is 0.0342. The number of benzene rings is 1. The van der Waals surface area contributed by atoms with Crippen molar-refractivity contribution in [2.75, 3.05) is 25.1 Å².